The molecule has 2 fully saturated rings. The summed E-state index contributed by atoms with van der Waals surface area (Å²) in [6.45, 7) is 2.07. The average molecular weight is 328 g/mol. The highest BCUT2D eigenvalue weighted by atomic mass is 16.5. The van der Waals surface area contributed by atoms with Crippen molar-refractivity contribution in [3.8, 4) is 5.88 Å². The molecular formula is C18H24N4O2. The van der Waals surface area contributed by atoms with Crippen LogP contribution in [-0.4, -0.2) is 33.3 Å². The minimum absolute atomic E-state index is 0.0157. The maximum absolute atomic E-state index is 12.0. The number of carbonyl (C=O) groups excluding carboxylic acids is 1. The van der Waals surface area contributed by atoms with E-state index >= 15 is 0 Å². The number of pyridine rings is 1. The fourth-order valence-corrected chi connectivity index (χ4v) is 3.63. The Labute approximate surface area is 141 Å². The Morgan fingerprint density at radius 2 is 2.08 bits per heavy atom. The van der Waals surface area contributed by atoms with Crippen LogP contribution in [0.2, 0.25) is 0 Å². The lowest BCUT2D eigenvalue weighted by molar-refractivity contribution is -0.123. The molecule has 2 aromatic heterocycles. The largest absolute Gasteiger partial charge is 0.468 e. The van der Waals surface area contributed by atoms with Crippen LogP contribution in [0.3, 0.4) is 0 Å². The Morgan fingerprint density at radius 1 is 1.33 bits per heavy atom. The zero-order chi connectivity index (χ0) is 16.7. The van der Waals surface area contributed by atoms with Gasteiger partial charge in [-0.2, -0.15) is 10.1 Å². The van der Waals surface area contributed by atoms with Crippen molar-refractivity contribution in [1.29, 1.82) is 0 Å². The van der Waals surface area contributed by atoms with Gasteiger partial charge in [-0.1, -0.05) is 12.8 Å². The van der Waals surface area contributed by atoms with Gasteiger partial charge in [0, 0.05) is 30.5 Å². The summed E-state index contributed by atoms with van der Waals surface area (Å²) in [6, 6.07) is 2.23. The summed E-state index contributed by atoms with van der Waals surface area (Å²) in [4.78, 5) is 16.6. The van der Waals surface area contributed by atoms with Crippen molar-refractivity contribution in [3.63, 3.8) is 0 Å². The van der Waals surface area contributed by atoms with Gasteiger partial charge in [-0.3, -0.25) is 9.48 Å². The van der Waals surface area contributed by atoms with Crippen LogP contribution in [-0.2, 0) is 11.8 Å². The van der Waals surface area contributed by atoms with Crippen molar-refractivity contribution in [2.45, 2.75) is 57.4 Å². The Bertz CT molecular complexity index is 773. The van der Waals surface area contributed by atoms with Gasteiger partial charge in [0.15, 0.2) is 12.3 Å². The van der Waals surface area contributed by atoms with E-state index in [1.54, 1.807) is 0 Å². The van der Waals surface area contributed by atoms with E-state index in [1.165, 1.54) is 25.7 Å². The van der Waals surface area contributed by atoms with Gasteiger partial charge >= 0.3 is 0 Å². The van der Waals surface area contributed by atoms with Crippen LogP contribution in [0.25, 0.3) is 11.0 Å². The van der Waals surface area contributed by atoms with Crippen molar-refractivity contribution in [1.82, 2.24) is 20.1 Å². The first-order chi connectivity index (χ1) is 11.6. The molecule has 0 saturated heterocycles. The molecule has 24 heavy (non-hydrogen) atoms. The third-order valence-corrected chi connectivity index (χ3v) is 5.03. The summed E-state index contributed by atoms with van der Waals surface area (Å²) in [5, 5.41) is 8.81. The summed E-state index contributed by atoms with van der Waals surface area (Å²) in [6.07, 6.45) is 6.98. The van der Waals surface area contributed by atoms with Gasteiger partial charge in [0.05, 0.1) is 5.69 Å². The lowest BCUT2D eigenvalue weighted by atomic mass is 10.1. The number of nitrogens with zero attached hydrogens (tertiary/aromatic N) is 3. The molecule has 2 heterocycles. The second-order valence-electron chi connectivity index (χ2n) is 7.10. The van der Waals surface area contributed by atoms with Crippen molar-refractivity contribution >= 4 is 16.9 Å². The molecule has 0 spiro atoms. The molecule has 2 aromatic rings. The van der Waals surface area contributed by atoms with Gasteiger partial charge in [0.1, 0.15) is 0 Å². The number of nitrogens with one attached hydrogen (secondary N) is 1. The molecular weight excluding hydrogens is 304 g/mol. The van der Waals surface area contributed by atoms with E-state index in [9.17, 15) is 4.79 Å². The molecule has 6 heteroatoms. The maximum atomic E-state index is 12.0. The molecule has 1 N–H and O–H groups in total. The van der Waals surface area contributed by atoms with Gasteiger partial charge in [0.25, 0.3) is 5.91 Å². The molecule has 2 saturated carbocycles. The third-order valence-electron chi connectivity index (χ3n) is 5.03. The molecule has 0 unspecified atom stereocenters. The highest BCUT2D eigenvalue weighted by Gasteiger charge is 2.30. The molecule has 0 aliphatic heterocycles. The number of ether oxygens (including phenoxy) is 1. The number of carbonyl (C=O) groups is 1. The first-order valence-electron chi connectivity index (χ1n) is 8.88. The standard InChI is InChI=1S/C18H24N4O2/c1-11-9-15(24-10-14(23)19-13-5-3-4-6-13)20-18-16(11)17(12-7-8-12)21-22(18)2/h9,12-13H,3-8,10H2,1-2H3,(H,19,23). The number of aromatic nitrogens is 3. The minimum atomic E-state index is -0.0647. The molecule has 2 aliphatic rings. The first kappa shape index (κ1) is 15.4. The summed E-state index contributed by atoms with van der Waals surface area (Å²) < 4.78 is 7.46. The second-order valence-corrected chi connectivity index (χ2v) is 7.10. The van der Waals surface area contributed by atoms with Crippen molar-refractivity contribution in [2.75, 3.05) is 6.61 Å². The van der Waals surface area contributed by atoms with Crippen molar-refractivity contribution in [3.05, 3.63) is 17.3 Å². The number of aryl methyl sites for hydroxylation is 2. The van der Waals surface area contributed by atoms with E-state index in [2.05, 4.69) is 22.3 Å². The van der Waals surface area contributed by atoms with E-state index in [0.717, 1.165) is 35.1 Å². The number of amides is 1. The SMILES string of the molecule is Cc1cc(OCC(=O)NC2CCCC2)nc2c1c(C1CC1)nn2C. The second kappa shape index (κ2) is 6.07. The van der Waals surface area contributed by atoms with Crippen LogP contribution in [0, 0.1) is 6.92 Å². The number of hydrogen-bond donors (Lipinski definition) is 1. The normalized spacial score (nSPS) is 18.2. The van der Waals surface area contributed by atoms with E-state index < -0.39 is 0 Å². The Balaban J connectivity index is 1.48. The maximum Gasteiger partial charge on any atom is 0.258 e. The summed E-state index contributed by atoms with van der Waals surface area (Å²) in [5.74, 6) is 1.01. The van der Waals surface area contributed by atoms with Crippen LogP contribution in [0.4, 0.5) is 0 Å². The zero-order valence-corrected chi connectivity index (χ0v) is 14.3. The molecule has 4 rings (SSSR count). The fraction of sp³-hybridized carbons (Fsp3) is 0.611. The van der Waals surface area contributed by atoms with Crippen LogP contribution in [0.15, 0.2) is 6.07 Å². The highest BCUT2D eigenvalue weighted by molar-refractivity contribution is 5.84. The van der Waals surface area contributed by atoms with Gasteiger partial charge in [-0.15, -0.1) is 0 Å². The Kier molecular flexibility index (Phi) is 3.90. The van der Waals surface area contributed by atoms with Crippen molar-refractivity contribution < 1.29 is 9.53 Å². The molecule has 1 amide bonds. The fourth-order valence-electron chi connectivity index (χ4n) is 3.63. The molecule has 0 aromatic carbocycles. The van der Waals surface area contributed by atoms with Crippen LogP contribution in [0.1, 0.15) is 55.7 Å². The topological polar surface area (TPSA) is 69.0 Å². The smallest absolute Gasteiger partial charge is 0.258 e. The monoisotopic (exact) mass is 328 g/mol. The molecule has 6 nitrogen and oxygen atoms in total. The van der Waals surface area contributed by atoms with Crippen LogP contribution < -0.4 is 10.1 Å². The number of hydrogen-bond acceptors (Lipinski definition) is 4. The van der Waals surface area contributed by atoms with Gasteiger partial charge in [-0.25, -0.2) is 0 Å². The van der Waals surface area contributed by atoms with Gasteiger partial charge in [-0.05, 0) is 38.2 Å². The molecule has 128 valence electrons. The Morgan fingerprint density at radius 3 is 2.79 bits per heavy atom. The molecule has 0 atom stereocenters. The lowest BCUT2D eigenvalue weighted by Gasteiger charge is -2.12. The summed E-state index contributed by atoms with van der Waals surface area (Å²) in [7, 11) is 1.91. The van der Waals surface area contributed by atoms with E-state index in [-0.39, 0.29) is 12.5 Å². The first-order valence-corrected chi connectivity index (χ1v) is 8.88. The number of rotatable bonds is 5. The average Bonchev–Trinajstić information content (AvgIpc) is 3.17. The van der Waals surface area contributed by atoms with Crippen molar-refractivity contribution in [2.24, 2.45) is 7.05 Å². The van der Waals surface area contributed by atoms with Crippen LogP contribution in [0.5, 0.6) is 5.88 Å². The van der Waals surface area contributed by atoms with E-state index in [1.807, 2.05) is 17.8 Å². The summed E-state index contributed by atoms with van der Waals surface area (Å²) in [5.41, 5.74) is 3.10. The van der Waals surface area contributed by atoms with Gasteiger partial charge in [0.2, 0.25) is 5.88 Å². The third kappa shape index (κ3) is 2.97. The van der Waals surface area contributed by atoms with E-state index in [0.29, 0.717) is 17.8 Å². The highest BCUT2D eigenvalue weighted by Crippen LogP contribution is 2.43. The molecule has 2 aliphatic carbocycles. The van der Waals surface area contributed by atoms with E-state index in [4.69, 9.17) is 4.74 Å². The molecule has 0 bridgehead atoms. The minimum Gasteiger partial charge on any atom is -0.468 e. The quantitative estimate of drug-likeness (QED) is 0.916. The van der Waals surface area contributed by atoms with Crippen LogP contribution >= 0.6 is 0 Å². The Hall–Kier alpha value is -2.11. The zero-order valence-electron chi connectivity index (χ0n) is 14.3. The van der Waals surface area contributed by atoms with Gasteiger partial charge < -0.3 is 10.1 Å². The predicted molar refractivity (Wildman–Crippen MR) is 91.1 cm³/mol. The molecule has 0 radical (unpaired) electrons. The number of fused-ring (bicyclic) bond motifs is 1. The predicted octanol–water partition coefficient (Wildman–Crippen LogP) is 2.59. The lowest BCUT2D eigenvalue weighted by Crippen LogP contribution is -2.36. The summed E-state index contributed by atoms with van der Waals surface area (Å²) >= 11 is 0.